The summed E-state index contributed by atoms with van der Waals surface area (Å²) in [6, 6.07) is 9.88. The Kier molecular flexibility index (Phi) is 8.63. The third kappa shape index (κ3) is 6.81. The van der Waals surface area contributed by atoms with Crippen LogP contribution in [0, 0.1) is 5.92 Å². The predicted molar refractivity (Wildman–Crippen MR) is 80.2 cm³/mol. The minimum absolute atomic E-state index is 0. The fourth-order valence-electron chi connectivity index (χ4n) is 2.26. The summed E-state index contributed by atoms with van der Waals surface area (Å²) in [6.45, 7) is 4.52. The van der Waals surface area contributed by atoms with Crippen LogP contribution in [-0.4, -0.2) is 32.9 Å². The first-order valence-corrected chi connectivity index (χ1v) is 6.91. The number of ether oxygens (including phenoxy) is 2. The summed E-state index contributed by atoms with van der Waals surface area (Å²) in [5.74, 6) is 1.76. The first-order valence-electron chi connectivity index (χ1n) is 6.91. The van der Waals surface area contributed by atoms with Gasteiger partial charge in [-0.15, -0.1) is 12.4 Å². The summed E-state index contributed by atoms with van der Waals surface area (Å²) < 4.78 is 11.2. The van der Waals surface area contributed by atoms with Crippen molar-refractivity contribution in [3.63, 3.8) is 0 Å². The minimum Gasteiger partial charge on any atom is -0.491 e. The molecule has 3 nitrogen and oxygen atoms in total. The first-order chi connectivity index (χ1) is 8.95. The molecular weight excluding hydrogens is 262 g/mol. The van der Waals surface area contributed by atoms with Gasteiger partial charge in [0, 0.05) is 6.61 Å². The number of piperidine rings is 1. The van der Waals surface area contributed by atoms with E-state index < -0.39 is 0 Å². The molecule has 2 rings (SSSR count). The van der Waals surface area contributed by atoms with Crippen LogP contribution in [0.2, 0.25) is 0 Å². The van der Waals surface area contributed by atoms with Crippen LogP contribution in [0.25, 0.3) is 0 Å². The number of hydrogen-bond donors (Lipinski definition) is 1. The van der Waals surface area contributed by atoms with Crippen LogP contribution < -0.4 is 10.1 Å². The standard InChI is InChI=1S/C15H23NO2.ClH/c1-2-4-15(5-3-1)18-13-12-17-11-8-14-6-9-16-10-7-14;/h1-5,14,16H,6-13H2;1H. The molecular formula is C15H24ClNO2. The van der Waals surface area contributed by atoms with E-state index in [1.54, 1.807) is 0 Å². The Hall–Kier alpha value is -0.770. The highest BCUT2D eigenvalue weighted by Crippen LogP contribution is 2.15. The zero-order valence-corrected chi connectivity index (χ0v) is 12.2. The van der Waals surface area contributed by atoms with Crippen molar-refractivity contribution in [1.29, 1.82) is 0 Å². The number of para-hydroxylation sites is 1. The molecule has 4 heteroatoms. The smallest absolute Gasteiger partial charge is 0.119 e. The van der Waals surface area contributed by atoms with E-state index in [2.05, 4.69) is 5.32 Å². The Morgan fingerprint density at radius 1 is 1.00 bits per heavy atom. The van der Waals surface area contributed by atoms with Gasteiger partial charge in [0.15, 0.2) is 0 Å². The normalized spacial score (nSPS) is 15.8. The molecule has 1 heterocycles. The average Bonchev–Trinajstić information content (AvgIpc) is 2.45. The molecule has 19 heavy (non-hydrogen) atoms. The van der Waals surface area contributed by atoms with E-state index in [-0.39, 0.29) is 12.4 Å². The van der Waals surface area contributed by atoms with Gasteiger partial charge in [-0.2, -0.15) is 0 Å². The summed E-state index contributed by atoms with van der Waals surface area (Å²) in [7, 11) is 0. The second kappa shape index (κ2) is 10.1. The SMILES string of the molecule is Cl.c1ccc(OCCOCCC2CCNCC2)cc1. The molecule has 0 unspecified atom stereocenters. The highest BCUT2D eigenvalue weighted by atomic mass is 35.5. The molecule has 0 atom stereocenters. The molecule has 0 spiro atoms. The number of rotatable bonds is 7. The van der Waals surface area contributed by atoms with Gasteiger partial charge < -0.3 is 14.8 Å². The van der Waals surface area contributed by atoms with E-state index >= 15 is 0 Å². The summed E-state index contributed by atoms with van der Waals surface area (Å²) in [5.41, 5.74) is 0. The van der Waals surface area contributed by atoms with Gasteiger partial charge in [-0.05, 0) is 50.4 Å². The van der Waals surface area contributed by atoms with Crippen molar-refractivity contribution in [2.75, 3.05) is 32.9 Å². The van der Waals surface area contributed by atoms with Crippen molar-refractivity contribution < 1.29 is 9.47 Å². The van der Waals surface area contributed by atoms with Gasteiger partial charge in [0.25, 0.3) is 0 Å². The highest BCUT2D eigenvalue weighted by molar-refractivity contribution is 5.85. The van der Waals surface area contributed by atoms with Crippen molar-refractivity contribution in [2.24, 2.45) is 5.92 Å². The highest BCUT2D eigenvalue weighted by Gasteiger charge is 2.12. The van der Waals surface area contributed by atoms with Crippen molar-refractivity contribution in [3.05, 3.63) is 30.3 Å². The molecule has 1 N–H and O–H groups in total. The molecule has 1 saturated heterocycles. The fraction of sp³-hybridized carbons (Fsp3) is 0.600. The average molecular weight is 286 g/mol. The Morgan fingerprint density at radius 3 is 2.47 bits per heavy atom. The fourth-order valence-corrected chi connectivity index (χ4v) is 2.26. The Labute approximate surface area is 122 Å². The molecule has 0 aromatic heterocycles. The van der Waals surface area contributed by atoms with Crippen molar-refractivity contribution in [3.8, 4) is 5.75 Å². The van der Waals surface area contributed by atoms with Crippen LogP contribution in [0.15, 0.2) is 30.3 Å². The lowest BCUT2D eigenvalue weighted by Crippen LogP contribution is -2.28. The lowest BCUT2D eigenvalue weighted by Gasteiger charge is -2.22. The van der Waals surface area contributed by atoms with Crippen molar-refractivity contribution in [2.45, 2.75) is 19.3 Å². The molecule has 0 aliphatic carbocycles. The largest absolute Gasteiger partial charge is 0.491 e. The summed E-state index contributed by atoms with van der Waals surface area (Å²) in [4.78, 5) is 0. The van der Waals surface area contributed by atoms with E-state index in [0.29, 0.717) is 13.2 Å². The second-order valence-electron chi connectivity index (χ2n) is 4.76. The molecule has 1 aliphatic heterocycles. The number of nitrogens with one attached hydrogen (secondary N) is 1. The van der Waals surface area contributed by atoms with Crippen LogP contribution in [-0.2, 0) is 4.74 Å². The lowest BCUT2D eigenvalue weighted by atomic mass is 9.95. The van der Waals surface area contributed by atoms with E-state index in [1.807, 2.05) is 30.3 Å². The molecule has 1 aromatic rings. The van der Waals surface area contributed by atoms with E-state index in [0.717, 1.165) is 18.3 Å². The van der Waals surface area contributed by atoms with Crippen molar-refractivity contribution >= 4 is 12.4 Å². The van der Waals surface area contributed by atoms with Gasteiger partial charge in [0.1, 0.15) is 12.4 Å². The Balaban J connectivity index is 0.00000180. The number of halogens is 1. The van der Waals surface area contributed by atoms with E-state index in [9.17, 15) is 0 Å². The summed E-state index contributed by atoms with van der Waals surface area (Å²) >= 11 is 0. The Morgan fingerprint density at radius 2 is 1.74 bits per heavy atom. The Bertz CT molecular complexity index is 315. The topological polar surface area (TPSA) is 30.5 Å². The maximum atomic E-state index is 5.61. The molecule has 0 radical (unpaired) electrons. The van der Waals surface area contributed by atoms with Crippen LogP contribution in [0.3, 0.4) is 0 Å². The van der Waals surface area contributed by atoms with Crippen LogP contribution in [0.5, 0.6) is 5.75 Å². The molecule has 1 aliphatic rings. The van der Waals surface area contributed by atoms with Crippen molar-refractivity contribution in [1.82, 2.24) is 5.32 Å². The predicted octanol–water partition coefficient (Wildman–Crippen LogP) is 2.89. The van der Waals surface area contributed by atoms with Gasteiger partial charge >= 0.3 is 0 Å². The zero-order valence-electron chi connectivity index (χ0n) is 11.3. The van der Waals surface area contributed by atoms with Gasteiger partial charge in [-0.1, -0.05) is 18.2 Å². The van der Waals surface area contributed by atoms with Crippen LogP contribution >= 0.6 is 12.4 Å². The monoisotopic (exact) mass is 285 g/mol. The molecule has 108 valence electrons. The van der Waals surface area contributed by atoms with Gasteiger partial charge in [0.05, 0.1) is 6.61 Å². The second-order valence-corrected chi connectivity index (χ2v) is 4.76. The first kappa shape index (κ1) is 16.3. The van der Waals surface area contributed by atoms with Gasteiger partial charge in [-0.25, -0.2) is 0 Å². The third-order valence-electron chi connectivity index (χ3n) is 3.37. The molecule has 0 amide bonds. The summed E-state index contributed by atoms with van der Waals surface area (Å²) in [6.07, 6.45) is 3.78. The van der Waals surface area contributed by atoms with Crippen LogP contribution in [0.4, 0.5) is 0 Å². The van der Waals surface area contributed by atoms with E-state index in [1.165, 1.54) is 32.4 Å². The maximum Gasteiger partial charge on any atom is 0.119 e. The minimum atomic E-state index is 0. The van der Waals surface area contributed by atoms with Crippen LogP contribution in [0.1, 0.15) is 19.3 Å². The molecule has 0 bridgehead atoms. The lowest BCUT2D eigenvalue weighted by molar-refractivity contribution is 0.0869. The van der Waals surface area contributed by atoms with Gasteiger partial charge in [0.2, 0.25) is 0 Å². The quantitative estimate of drug-likeness (QED) is 0.782. The number of benzene rings is 1. The van der Waals surface area contributed by atoms with Gasteiger partial charge in [-0.3, -0.25) is 0 Å². The number of hydrogen-bond acceptors (Lipinski definition) is 3. The van der Waals surface area contributed by atoms with E-state index in [4.69, 9.17) is 9.47 Å². The molecule has 1 aromatic carbocycles. The summed E-state index contributed by atoms with van der Waals surface area (Å²) in [5, 5.41) is 3.38. The maximum absolute atomic E-state index is 5.61. The molecule has 1 fully saturated rings. The third-order valence-corrected chi connectivity index (χ3v) is 3.37. The zero-order chi connectivity index (χ0) is 12.5. The molecule has 0 saturated carbocycles.